The summed E-state index contributed by atoms with van der Waals surface area (Å²) in [6.45, 7) is 2.19. The molecule has 162 valence electrons. The Morgan fingerprint density at radius 3 is 2.52 bits per heavy atom. The fourth-order valence-electron chi connectivity index (χ4n) is 3.14. The fraction of sp³-hybridized carbons (Fsp3) is 0.304. The Hall–Kier alpha value is -3.68. The number of fused-ring (bicyclic) bond motifs is 1. The van der Waals surface area contributed by atoms with Crippen LogP contribution in [0.3, 0.4) is 0 Å². The SMILES string of the molecule is CCCCn1nc(C(=O)OCC(=O)NCc2ccccc2OC)c2ccccc2c1=O. The number of rotatable bonds is 9. The molecule has 2 aromatic carbocycles. The number of aryl methyl sites for hydroxylation is 1. The van der Waals surface area contributed by atoms with Crippen LogP contribution in [-0.4, -0.2) is 35.4 Å². The normalized spacial score (nSPS) is 10.6. The lowest BCUT2D eigenvalue weighted by Crippen LogP contribution is -2.30. The van der Waals surface area contributed by atoms with Crippen molar-refractivity contribution in [3.63, 3.8) is 0 Å². The number of unbranched alkanes of at least 4 members (excludes halogenated alkanes) is 1. The Morgan fingerprint density at radius 2 is 1.77 bits per heavy atom. The van der Waals surface area contributed by atoms with Crippen LogP contribution in [0.1, 0.15) is 35.8 Å². The molecule has 0 fully saturated rings. The minimum absolute atomic E-state index is 0.0174. The highest BCUT2D eigenvalue weighted by Gasteiger charge is 2.19. The molecule has 0 aliphatic rings. The molecule has 1 heterocycles. The number of para-hydroxylation sites is 1. The fourth-order valence-corrected chi connectivity index (χ4v) is 3.14. The first-order valence-corrected chi connectivity index (χ1v) is 10.1. The third-order valence-electron chi connectivity index (χ3n) is 4.79. The molecule has 31 heavy (non-hydrogen) atoms. The van der Waals surface area contributed by atoms with E-state index in [2.05, 4.69) is 10.4 Å². The number of hydrogen-bond donors (Lipinski definition) is 1. The molecule has 1 amide bonds. The number of hydrogen-bond acceptors (Lipinski definition) is 6. The summed E-state index contributed by atoms with van der Waals surface area (Å²) in [5, 5.41) is 7.70. The zero-order valence-corrected chi connectivity index (χ0v) is 17.6. The van der Waals surface area contributed by atoms with Crippen LogP contribution in [0, 0.1) is 0 Å². The van der Waals surface area contributed by atoms with Crippen molar-refractivity contribution in [1.82, 2.24) is 15.1 Å². The molecule has 0 atom stereocenters. The van der Waals surface area contributed by atoms with Crippen LogP contribution in [0.2, 0.25) is 0 Å². The van der Waals surface area contributed by atoms with E-state index in [-0.39, 0.29) is 17.8 Å². The van der Waals surface area contributed by atoms with E-state index in [0.29, 0.717) is 23.1 Å². The lowest BCUT2D eigenvalue weighted by atomic mass is 10.1. The average molecular weight is 423 g/mol. The number of aromatic nitrogens is 2. The summed E-state index contributed by atoms with van der Waals surface area (Å²) in [7, 11) is 1.56. The predicted octanol–water partition coefficient (Wildman–Crippen LogP) is 2.68. The maximum Gasteiger partial charge on any atom is 0.359 e. The predicted molar refractivity (Wildman–Crippen MR) is 116 cm³/mol. The number of carbonyl (C=O) groups excluding carboxylic acids is 2. The number of nitrogens with one attached hydrogen (secondary N) is 1. The zero-order chi connectivity index (χ0) is 22.2. The van der Waals surface area contributed by atoms with Crippen LogP contribution in [0.25, 0.3) is 10.8 Å². The highest BCUT2D eigenvalue weighted by Crippen LogP contribution is 2.17. The second-order valence-electron chi connectivity index (χ2n) is 6.94. The van der Waals surface area contributed by atoms with Gasteiger partial charge in [0.15, 0.2) is 12.3 Å². The molecule has 3 rings (SSSR count). The Morgan fingerprint density at radius 1 is 1.06 bits per heavy atom. The van der Waals surface area contributed by atoms with Crippen molar-refractivity contribution < 1.29 is 19.1 Å². The highest BCUT2D eigenvalue weighted by molar-refractivity contribution is 6.02. The Bertz CT molecular complexity index is 1140. The van der Waals surface area contributed by atoms with Crippen LogP contribution in [0.4, 0.5) is 0 Å². The van der Waals surface area contributed by atoms with Gasteiger partial charge in [0, 0.05) is 24.0 Å². The summed E-state index contributed by atoms with van der Waals surface area (Å²) in [4.78, 5) is 37.5. The van der Waals surface area contributed by atoms with E-state index in [4.69, 9.17) is 9.47 Å². The minimum atomic E-state index is -0.756. The van der Waals surface area contributed by atoms with Gasteiger partial charge in [-0.15, -0.1) is 0 Å². The minimum Gasteiger partial charge on any atom is -0.496 e. The van der Waals surface area contributed by atoms with Crippen LogP contribution in [0.5, 0.6) is 5.75 Å². The van der Waals surface area contributed by atoms with E-state index in [9.17, 15) is 14.4 Å². The van der Waals surface area contributed by atoms with Gasteiger partial charge in [-0.25, -0.2) is 9.48 Å². The van der Waals surface area contributed by atoms with Gasteiger partial charge in [0.25, 0.3) is 11.5 Å². The molecule has 0 spiro atoms. The molecule has 8 nitrogen and oxygen atoms in total. The average Bonchev–Trinajstić information content (AvgIpc) is 2.81. The molecule has 0 radical (unpaired) electrons. The van der Waals surface area contributed by atoms with Gasteiger partial charge in [0.2, 0.25) is 0 Å². The van der Waals surface area contributed by atoms with Crippen LogP contribution >= 0.6 is 0 Å². The van der Waals surface area contributed by atoms with E-state index in [1.165, 1.54) is 4.68 Å². The monoisotopic (exact) mass is 423 g/mol. The van der Waals surface area contributed by atoms with Gasteiger partial charge in [-0.05, 0) is 18.6 Å². The molecule has 0 saturated heterocycles. The highest BCUT2D eigenvalue weighted by atomic mass is 16.5. The second kappa shape index (κ2) is 10.4. The Labute approximate surface area is 179 Å². The van der Waals surface area contributed by atoms with Crippen molar-refractivity contribution in [2.75, 3.05) is 13.7 Å². The Balaban J connectivity index is 1.70. The zero-order valence-electron chi connectivity index (χ0n) is 17.6. The molecule has 0 unspecified atom stereocenters. The quantitative estimate of drug-likeness (QED) is 0.531. The molecule has 1 aromatic heterocycles. The second-order valence-corrected chi connectivity index (χ2v) is 6.94. The van der Waals surface area contributed by atoms with Crippen molar-refractivity contribution in [3.05, 3.63) is 70.1 Å². The Kier molecular flexibility index (Phi) is 7.37. The van der Waals surface area contributed by atoms with E-state index in [1.807, 2.05) is 25.1 Å². The van der Waals surface area contributed by atoms with E-state index in [1.54, 1.807) is 37.4 Å². The molecular weight excluding hydrogens is 398 g/mol. The summed E-state index contributed by atoms with van der Waals surface area (Å²) < 4.78 is 11.7. The molecule has 8 heteroatoms. The maximum atomic E-state index is 12.7. The van der Waals surface area contributed by atoms with E-state index < -0.39 is 18.5 Å². The number of benzene rings is 2. The van der Waals surface area contributed by atoms with E-state index in [0.717, 1.165) is 18.4 Å². The summed E-state index contributed by atoms with van der Waals surface area (Å²) >= 11 is 0. The summed E-state index contributed by atoms with van der Waals surface area (Å²) in [5.41, 5.74) is 0.569. The number of esters is 1. The van der Waals surface area contributed by atoms with Crippen molar-refractivity contribution >= 4 is 22.6 Å². The lowest BCUT2D eigenvalue weighted by molar-refractivity contribution is -0.124. The van der Waals surface area contributed by atoms with Gasteiger partial charge < -0.3 is 14.8 Å². The molecule has 0 aliphatic heterocycles. The largest absolute Gasteiger partial charge is 0.496 e. The smallest absolute Gasteiger partial charge is 0.359 e. The van der Waals surface area contributed by atoms with E-state index >= 15 is 0 Å². The van der Waals surface area contributed by atoms with Crippen molar-refractivity contribution in [3.8, 4) is 5.75 Å². The first-order valence-electron chi connectivity index (χ1n) is 10.1. The standard InChI is InChI=1S/C23H25N3O5/c1-3-4-13-26-22(28)18-11-7-6-10-17(18)21(25-26)23(29)31-15-20(27)24-14-16-9-5-8-12-19(16)30-2/h5-12H,3-4,13-15H2,1-2H3,(H,24,27). The first-order chi connectivity index (χ1) is 15.0. The molecule has 0 aliphatic carbocycles. The van der Waals surface area contributed by atoms with Gasteiger partial charge in [-0.2, -0.15) is 5.10 Å². The van der Waals surface area contributed by atoms with Crippen molar-refractivity contribution in [2.45, 2.75) is 32.9 Å². The van der Waals surface area contributed by atoms with Gasteiger partial charge >= 0.3 is 5.97 Å². The number of ether oxygens (including phenoxy) is 2. The third kappa shape index (κ3) is 5.28. The first kappa shape index (κ1) is 22.0. The third-order valence-corrected chi connectivity index (χ3v) is 4.79. The molecule has 1 N–H and O–H groups in total. The maximum absolute atomic E-state index is 12.7. The van der Waals surface area contributed by atoms with Crippen molar-refractivity contribution in [2.24, 2.45) is 0 Å². The van der Waals surface area contributed by atoms with Crippen LogP contribution < -0.4 is 15.6 Å². The number of nitrogens with zero attached hydrogens (tertiary/aromatic N) is 2. The topological polar surface area (TPSA) is 99.5 Å². The van der Waals surface area contributed by atoms with Crippen LogP contribution in [0.15, 0.2) is 53.3 Å². The number of methoxy groups -OCH3 is 1. The number of carbonyl (C=O) groups is 2. The summed E-state index contributed by atoms with van der Waals surface area (Å²) in [5.74, 6) is -0.554. The van der Waals surface area contributed by atoms with Gasteiger partial charge in [-0.1, -0.05) is 49.7 Å². The van der Waals surface area contributed by atoms with Gasteiger partial charge in [-0.3, -0.25) is 9.59 Å². The summed E-state index contributed by atoms with van der Waals surface area (Å²) in [6, 6.07) is 14.1. The van der Waals surface area contributed by atoms with Gasteiger partial charge in [0.1, 0.15) is 5.75 Å². The molecule has 0 saturated carbocycles. The van der Waals surface area contributed by atoms with Gasteiger partial charge in [0.05, 0.1) is 12.5 Å². The molecular formula is C23H25N3O5. The summed E-state index contributed by atoms with van der Waals surface area (Å²) in [6.07, 6.45) is 1.64. The lowest BCUT2D eigenvalue weighted by Gasteiger charge is -2.11. The number of amides is 1. The molecule has 0 bridgehead atoms. The molecule has 3 aromatic rings. The van der Waals surface area contributed by atoms with Crippen molar-refractivity contribution in [1.29, 1.82) is 0 Å². The van der Waals surface area contributed by atoms with Crippen LogP contribution in [-0.2, 0) is 22.6 Å².